The van der Waals surface area contributed by atoms with Gasteiger partial charge in [0, 0.05) is 19.6 Å². The van der Waals surface area contributed by atoms with Gasteiger partial charge in [-0.3, -0.25) is 14.4 Å². The lowest BCUT2D eigenvalue weighted by molar-refractivity contribution is -0.149. The Bertz CT molecular complexity index is 933. The number of alkyl carbamates (subject to hydrolysis) is 1. The van der Waals surface area contributed by atoms with Crippen molar-refractivity contribution in [2.24, 2.45) is 5.92 Å². The molecule has 0 aromatic heterocycles. The summed E-state index contributed by atoms with van der Waals surface area (Å²) >= 11 is 0. The molecule has 1 saturated carbocycles. The Morgan fingerprint density at radius 3 is 2.29 bits per heavy atom. The number of carboxylic acids is 2. The Balaban J connectivity index is 1.75. The van der Waals surface area contributed by atoms with Crippen LogP contribution >= 0.6 is 0 Å². The number of nitrogens with one attached hydrogen (secondary N) is 2. The number of hydrogen-bond acceptors (Lipinski definition) is 7. The number of amides is 3. The van der Waals surface area contributed by atoms with Crippen molar-refractivity contribution in [3.63, 3.8) is 0 Å². The number of carbonyl (C=O) groups is 5. The molecule has 0 saturated heterocycles. The highest BCUT2D eigenvalue weighted by Gasteiger charge is 2.32. The van der Waals surface area contributed by atoms with Crippen LogP contribution in [0.2, 0.25) is 0 Å². The molecule has 0 spiro atoms. The van der Waals surface area contributed by atoms with E-state index in [0.717, 1.165) is 10.5 Å². The minimum absolute atomic E-state index is 0.0572. The Hall–Kier alpha value is -3.67. The van der Waals surface area contributed by atoms with Crippen LogP contribution in [0.1, 0.15) is 50.5 Å². The molecule has 12 heteroatoms. The van der Waals surface area contributed by atoms with E-state index in [1.165, 1.54) is 0 Å². The molecule has 1 aliphatic rings. The third-order valence-electron chi connectivity index (χ3n) is 6.36. The zero-order valence-electron chi connectivity index (χ0n) is 21.6. The number of nitrogens with zero attached hydrogens (tertiary/aromatic N) is 1. The molecule has 0 aliphatic heterocycles. The molecule has 12 nitrogen and oxygen atoms in total. The molecule has 1 aliphatic carbocycles. The molecule has 1 aromatic carbocycles. The molecule has 1 aromatic rings. The summed E-state index contributed by atoms with van der Waals surface area (Å²) in [6.07, 6.45) is 2.79. The number of rotatable bonds is 15. The van der Waals surface area contributed by atoms with Gasteiger partial charge in [-0.05, 0) is 50.5 Å². The molecule has 4 N–H and O–H groups in total. The fourth-order valence-electron chi connectivity index (χ4n) is 4.29. The van der Waals surface area contributed by atoms with Crippen molar-refractivity contribution >= 4 is 29.8 Å². The molecule has 2 rings (SSSR count). The third kappa shape index (κ3) is 11.2. The van der Waals surface area contributed by atoms with E-state index in [9.17, 15) is 34.2 Å². The number of aliphatic carboxylic acids is 2. The predicted octanol–water partition coefficient (Wildman–Crippen LogP) is 1.77. The van der Waals surface area contributed by atoms with Crippen molar-refractivity contribution in [3.8, 4) is 0 Å². The van der Waals surface area contributed by atoms with Crippen LogP contribution in [0.15, 0.2) is 30.3 Å². The first-order valence-electron chi connectivity index (χ1n) is 12.7. The van der Waals surface area contributed by atoms with Gasteiger partial charge in [0.25, 0.3) is 0 Å². The summed E-state index contributed by atoms with van der Waals surface area (Å²) in [6.45, 7) is -0.802. The number of methoxy groups -OCH3 is 1. The molecule has 1 fully saturated rings. The van der Waals surface area contributed by atoms with Crippen molar-refractivity contribution in [1.82, 2.24) is 15.5 Å². The van der Waals surface area contributed by atoms with Crippen LogP contribution in [0.5, 0.6) is 0 Å². The highest BCUT2D eigenvalue weighted by molar-refractivity contribution is 5.90. The van der Waals surface area contributed by atoms with Crippen LogP contribution in [-0.4, -0.2) is 83.8 Å². The van der Waals surface area contributed by atoms with E-state index in [-0.39, 0.29) is 25.7 Å². The molecular weight excluding hydrogens is 498 g/mol. The van der Waals surface area contributed by atoms with Gasteiger partial charge in [0.15, 0.2) is 0 Å². The standard InChI is InChI=1S/C26H37N3O9/c1-37-20-12-10-19(11-13-20)24(33)29(16-23(31)32)15-22(30)28-21(25(34)35)9-5-6-14-27-26(36)38-17-18-7-3-2-4-8-18/h2-4,7-8,19-21H,5-6,9-17H2,1H3,(H,27,36)(H,28,30)(H,31,32)(H,34,35)/t19?,20?,21-/m1/s1. The number of carbonyl (C=O) groups excluding carboxylic acids is 3. The van der Waals surface area contributed by atoms with E-state index >= 15 is 0 Å². The Morgan fingerprint density at radius 2 is 1.68 bits per heavy atom. The lowest BCUT2D eigenvalue weighted by atomic mass is 9.86. The zero-order chi connectivity index (χ0) is 27.9. The summed E-state index contributed by atoms with van der Waals surface area (Å²) in [7, 11) is 1.60. The van der Waals surface area contributed by atoms with Gasteiger partial charge < -0.3 is 35.2 Å². The van der Waals surface area contributed by atoms with Gasteiger partial charge >= 0.3 is 18.0 Å². The van der Waals surface area contributed by atoms with E-state index in [2.05, 4.69) is 10.6 Å². The highest BCUT2D eigenvalue weighted by atomic mass is 16.5. The summed E-state index contributed by atoms with van der Waals surface area (Å²) in [5.41, 5.74) is 0.852. The summed E-state index contributed by atoms with van der Waals surface area (Å²) in [4.78, 5) is 61.1. The molecule has 0 heterocycles. The third-order valence-corrected chi connectivity index (χ3v) is 6.36. The van der Waals surface area contributed by atoms with E-state index in [4.69, 9.17) is 9.47 Å². The SMILES string of the molecule is COC1CCC(C(=O)N(CC(=O)O)CC(=O)N[C@H](CCCCNC(=O)OCc2ccccc2)C(=O)O)CC1. The van der Waals surface area contributed by atoms with Crippen molar-refractivity contribution in [1.29, 1.82) is 0 Å². The quantitative estimate of drug-likeness (QED) is 0.244. The Morgan fingerprint density at radius 1 is 1.00 bits per heavy atom. The van der Waals surface area contributed by atoms with E-state index in [1.807, 2.05) is 30.3 Å². The van der Waals surface area contributed by atoms with Crippen molar-refractivity contribution in [2.75, 3.05) is 26.7 Å². The largest absolute Gasteiger partial charge is 0.480 e. The van der Waals surface area contributed by atoms with Crippen LogP contribution in [0.3, 0.4) is 0 Å². The van der Waals surface area contributed by atoms with Crippen molar-refractivity contribution < 1.29 is 43.7 Å². The van der Waals surface area contributed by atoms with E-state index in [1.54, 1.807) is 7.11 Å². The molecule has 38 heavy (non-hydrogen) atoms. The first-order chi connectivity index (χ1) is 18.2. The first-order valence-corrected chi connectivity index (χ1v) is 12.7. The second-order valence-corrected chi connectivity index (χ2v) is 9.24. The molecule has 1 atom stereocenters. The van der Waals surface area contributed by atoms with Crippen LogP contribution in [0.25, 0.3) is 0 Å². The normalized spacial score (nSPS) is 17.6. The van der Waals surface area contributed by atoms with Crippen LogP contribution < -0.4 is 10.6 Å². The van der Waals surface area contributed by atoms with Gasteiger partial charge in [-0.1, -0.05) is 30.3 Å². The maximum atomic E-state index is 12.9. The first kappa shape index (κ1) is 30.6. The van der Waals surface area contributed by atoms with Gasteiger partial charge in [0.2, 0.25) is 11.8 Å². The van der Waals surface area contributed by atoms with Crippen LogP contribution in [-0.2, 0) is 35.3 Å². The predicted molar refractivity (Wildman–Crippen MR) is 135 cm³/mol. The summed E-state index contributed by atoms with van der Waals surface area (Å²) in [5.74, 6) is -4.10. The van der Waals surface area contributed by atoms with Gasteiger partial charge in [0.1, 0.15) is 25.7 Å². The molecule has 0 unspecified atom stereocenters. The number of hydrogen-bond donors (Lipinski definition) is 4. The second kappa shape index (κ2) is 16.2. The maximum absolute atomic E-state index is 12.9. The molecule has 210 valence electrons. The summed E-state index contributed by atoms with van der Waals surface area (Å²) in [5, 5.41) is 23.7. The van der Waals surface area contributed by atoms with Gasteiger partial charge in [-0.25, -0.2) is 9.59 Å². The fourth-order valence-corrected chi connectivity index (χ4v) is 4.29. The van der Waals surface area contributed by atoms with E-state index in [0.29, 0.717) is 38.5 Å². The molecular formula is C26H37N3O9. The number of carboxylic acid groups (broad SMARTS) is 2. The minimum Gasteiger partial charge on any atom is -0.480 e. The topological polar surface area (TPSA) is 172 Å². The summed E-state index contributed by atoms with van der Waals surface area (Å²) in [6, 6.07) is 7.98. The average molecular weight is 536 g/mol. The Labute approximate surface area is 221 Å². The molecule has 0 radical (unpaired) electrons. The smallest absolute Gasteiger partial charge is 0.407 e. The lowest BCUT2D eigenvalue weighted by Gasteiger charge is -2.31. The fraction of sp³-hybridized carbons (Fsp3) is 0.577. The Kier molecular flexibility index (Phi) is 13.0. The number of unbranched alkanes of at least 4 members (excludes halogenated alkanes) is 1. The number of ether oxygens (including phenoxy) is 2. The molecule has 0 bridgehead atoms. The highest BCUT2D eigenvalue weighted by Crippen LogP contribution is 2.27. The molecule has 3 amide bonds. The lowest BCUT2D eigenvalue weighted by Crippen LogP contribution is -2.49. The number of benzene rings is 1. The van der Waals surface area contributed by atoms with Gasteiger partial charge in [-0.2, -0.15) is 0 Å². The average Bonchev–Trinajstić information content (AvgIpc) is 2.90. The van der Waals surface area contributed by atoms with Crippen molar-refractivity contribution in [2.45, 2.75) is 63.7 Å². The van der Waals surface area contributed by atoms with Crippen LogP contribution in [0.4, 0.5) is 4.79 Å². The monoisotopic (exact) mass is 535 g/mol. The van der Waals surface area contributed by atoms with Gasteiger partial charge in [-0.15, -0.1) is 0 Å². The zero-order valence-corrected chi connectivity index (χ0v) is 21.6. The van der Waals surface area contributed by atoms with Crippen molar-refractivity contribution in [3.05, 3.63) is 35.9 Å². The second-order valence-electron chi connectivity index (χ2n) is 9.24. The minimum atomic E-state index is -1.26. The maximum Gasteiger partial charge on any atom is 0.407 e. The van der Waals surface area contributed by atoms with E-state index < -0.39 is 54.9 Å². The van der Waals surface area contributed by atoms with Crippen LogP contribution in [0, 0.1) is 5.92 Å². The van der Waals surface area contributed by atoms with Gasteiger partial charge in [0.05, 0.1) is 6.10 Å². The summed E-state index contributed by atoms with van der Waals surface area (Å²) < 4.78 is 10.4.